The molecule has 2 aromatic rings. The van der Waals surface area contributed by atoms with Gasteiger partial charge >= 0.3 is 23.5 Å². The van der Waals surface area contributed by atoms with Crippen LogP contribution in [0.4, 0.5) is 5.82 Å². The summed E-state index contributed by atoms with van der Waals surface area (Å²) in [5.41, 5.74) is 4.31. The van der Waals surface area contributed by atoms with Crippen LogP contribution in [-0.4, -0.2) is 124 Å². The average Bonchev–Trinajstić information content (AvgIpc) is 3.57. The molecule has 284 valence electrons. The number of ether oxygens (including phenoxy) is 1. The summed E-state index contributed by atoms with van der Waals surface area (Å²) in [7, 11) is -13.2. The summed E-state index contributed by atoms with van der Waals surface area (Å²) in [5.74, 6) is -0.606. The van der Waals surface area contributed by atoms with E-state index in [1.807, 2.05) is 6.26 Å². The molecule has 2 aromatic heterocycles. The minimum atomic E-state index is -5.54. The van der Waals surface area contributed by atoms with Crippen LogP contribution >= 0.6 is 45.1 Å². The molecule has 1 aliphatic heterocycles. The monoisotopic (exact) mass is 813 g/mol. The summed E-state index contributed by atoms with van der Waals surface area (Å²) >= 11 is 0. The maximum atomic E-state index is 12.6. The first-order chi connectivity index (χ1) is 23.2. The number of hydrogen-bond donors (Lipinski definition) is 9. The second kappa shape index (κ2) is 17.8. The molecule has 0 aromatic carbocycles. The van der Waals surface area contributed by atoms with Gasteiger partial charge in [-0.25, -0.2) is 28.6 Å². The van der Waals surface area contributed by atoms with Crippen molar-refractivity contribution in [2.75, 3.05) is 44.0 Å². The van der Waals surface area contributed by atoms with Crippen LogP contribution in [0.15, 0.2) is 12.7 Å². The SMILES string of the molecule is CSSCCNC(=O)CCNC(=O)[C@@H](O)C(C)(C)COP(=O)(O)OP(=O)(O)OC[C@H]1O[C@@H](n2cnc3c(N)ncnc32)[C@@H](O)C1OP(=O)(O)O. The van der Waals surface area contributed by atoms with E-state index < -0.39 is 78.6 Å². The number of aliphatic hydroxyl groups is 2. The number of nitrogens with zero attached hydrogens (tertiary/aromatic N) is 4. The van der Waals surface area contributed by atoms with Crippen LogP contribution in [0.2, 0.25) is 0 Å². The summed E-state index contributed by atoms with van der Waals surface area (Å²) in [4.78, 5) is 75.0. The van der Waals surface area contributed by atoms with Gasteiger partial charge in [-0.15, -0.1) is 0 Å². The van der Waals surface area contributed by atoms with Gasteiger partial charge in [0.15, 0.2) is 17.7 Å². The molecule has 0 spiro atoms. The number of fused-ring (bicyclic) bond motifs is 1. The van der Waals surface area contributed by atoms with E-state index in [0.717, 1.165) is 17.2 Å². The van der Waals surface area contributed by atoms with E-state index in [9.17, 15) is 53.1 Å². The fourth-order valence-corrected chi connectivity index (χ4v) is 8.19. The molecule has 28 heteroatoms. The maximum absolute atomic E-state index is 12.6. The molecule has 7 atom stereocenters. The molecular formula is C22H38N7O16P3S2. The second-order valence-electron chi connectivity index (χ2n) is 11.1. The summed E-state index contributed by atoms with van der Waals surface area (Å²) in [6, 6.07) is 0. The van der Waals surface area contributed by atoms with E-state index in [-0.39, 0.29) is 35.9 Å². The normalized spacial score (nSPS) is 22.9. The van der Waals surface area contributed by atoms with Gasteiger partial charge in [-0.3, -0.25) is 27.7 Å². The van der Waals surface area contributed by atoms with Crippen molar-refractivity contribution >= 4 is 73.9 Å². The molecule has 1 fully saturated rings. The number of nitrogens with one attached hydrogen (secondary N) is 2. The third kappa shape index (κ3) is 12.4. The van der Waals surface area contributed by atoms with E-state index in [0.29, 0.717) is 12.3 Å². The summed E-state index contributed by atoms with van der Waals surface area (Å²) < 4.78 is 61.9. The Morgan fingerprint density at radius 1 is 1.10 bits per heavy atom. The number of nitrogens with two attached hydrogens (primary N) is 1. The number of aromatic nitrogens is 4. The minimum Gasteiger partial charge on any atom is -0.386 e. The van der Waals surface area contributed by atoms with Gasteiger partial charge in [0.25, 0.3) is 0 Å². The van der Waals surface area contributed by atoms with Crippen molar-refractivity contribution < 1.29 is 75.7 Å². The zero-order valence-electron chi connectivity index (χ0n) is 26.6. The molecule has 1 saturated heterocycles. The molecule has 23 nitrogen and oxygen atoms in total. The fraction of sp³-hybridized carbons (Fsp3) is 0.682. The van der Waals surface area contributed by atoms with Crippen LogP contribution < -0.4 is 16.4 Å². The van der Waals surface area contributed by atoms with Crippen LogP contribution in [0.5, 0.6) is 0 Å². The first kappa shape index (κ1) is 42.7. The maximum Gasteiger partial charge on any atom is 0.481 e. The van der Waals surface area contributed by atoms with Crippen molar-refractivity contribution in [1.82, 2.24) is 30.2 Å². The number of rotatable bonds is 20. The first-order valence-corrected chi connectivity index (χ1v) is 21.5. The third-order valence-electron chi connectivity index (χ3n) is 6.70. The fourth-order valence-electron chi connectivity index (χ4n) is 4.26. The highest BCUT2D eigenvalue weighted by atomic mass is 33.1. The van der Waals surface area contributed by atoms with Crippen LogP contribution in [-0.2, 0) is 45.9 Å². The summed E-state index contributed by atoms with van der Waals surface area (Å²) in [6.07, 6.45) is -4.80. The minimum absolute atomic E-state index is 0.0347. The zero-order valence-corrected chi connectivity index (χ0v) is 30.9. The third-order valence-corrected chi connectivity index (χ3v) is 11.6. The second-order valence-corrected chi connectivity index (χ2v) is 18.0. The van der Waals surface area contributed by atoms with Crippen molar-refractivity contribution in [2.45, 2.75) is 50.9 Å². The van der Waals surface area contributed by atoms with Crippen LogP contribution in [0.1, 0.15) is 26.5 Å². The molecule has 2 amide bonds. The molecular weight excluding hydrogens is 775 g/mol. The van der Waals surface area contributed by atoms with Gasteiger partial charge in [0.1, 0.15) is 36.3 Å². The van der Waals surface area contributed by atoms with E-state index in [4.69, 9.17) is 19.5 Å². The average molecular weight is 814 g/mol. The predicted octanol–water partition coefficient (Wildman–Crippen LogP) is -0.584. The number of phosphoric acid groups is 3. The Labute approximate surface area is 292 Å². The molecule has 1 aliphatic rings. The number of amides is 2. The molecule has 3 heterocycles. The van der Waals surface area contributed by atoms with E-state index in [1.165, 1.54) is 13.8 Å². The highest BCUT2D eigenvalue weighted by molar-refractivity contribution is 8.76. The Morgan fingerprint density at radius 3 is 2.44 bits per heavy atom. The van der Waals surface area contributed by atoms with Crippen molar-refractivity contribution in [1.29, 1.82) is 0 Å². The zero-order chi connectivity index (χ0) is 37.5. The van der Waals surface area contributed by atoms with Crippen molar-refractivity contribution in [3.05, 3.63) is 12.7 Å². The molecule has 10 N–H and O–H groups in total. The largest absolute Gasteiger partial charge is 0.481 e. The quantitative estimate of drug-likeness (QED) is 0.0458. The van der Waals surface area contributed by atoms with E-state index in [1.54, 1.807) is 21.6 Å². The van der Waals surface area contributed by atoms with Gasteiger partial charge in [0, 0.05) is 30.7 Å². The summed E-state index contributed by atoms with van der Waals surface area (Å²) in [6.45, 7) is 0.882. The number of carbonyl (C=O) groups is 2. The number of phosphoric ester groups is 3. The molecule has 0 aliphatic carbocycles. The molecule has 0 saturated carbocycles. The molecule has 3 unspecified atom stereocenters. The topological polar surface area (TPSA) is 347 Å². The van der Waals surface area contributed by atoms with Crippen molar-refractivity contribution in [2.24, 2.45) is 5.41 Å². The van der Waals surface area contributed by atoms with Gasteiger partial charge in [0.2, 0.25) is 11.8 Å². The lowest BCUT2D eigenvalue weighted by molar-refractivity contribution is -0.137. The van der Waals surface area contributed by atoms with Gasteiger partial charge in [0.05, 0.1) is 19.5 Å². The lowest BCUT2D eigenvalue weighted by Gasteiger charge is -2.30. The smallest absolute Gasteiger partial charge is 0.386 e. The van der Waals surface area contributed by atoms with Crippen LogP contribution in [0, 0.1) is 5.41 Å². The lowest BCUT2D eigenvalue weighted by Crippen LogP contribution is -2.46. The Bertz CT molecular complexity index is 1630. The molecule has 50 heavy (non-hydrogen) atoms. The van der Waals surface area contributed by atoms with E-state index >= 15 is 0 Å². The first-order valence-electron chi connectivity index (χ1n) is 14.2. The van der Waals surface area contributed by atoms with Gasteiger partial charge in [-0.05, 0) is 6.26 Å². The van der Waals surface area contributed by atoms with Crippen LogP contribution in [0.25, 0.3) is 11.2 Å². The van der Waals surface area contributed by atoms with Gasteiger partial charge in [-0.1, -0.05) is 35.4 Å². The highest BCUT2D eigenvalue weighted by Crippen LogP contribution is 2.61. The van der Waals surface area contributed by atoms with E-state index in [2.05, 4.69) is 34.4 Å². The number of aliphatic hydroxyl groups excluding tert-OH is 2. The number of hydrogen-bond acceptors (Lipinski definition) is 18. The van der Waals surface area contributed by atoms with Crippen molar-refractivity contribution in [3.63, 3.8) is 0 Å². The van der Waals surface area contributed by atoms with Gasteiger partial charge in [-0.2, -0.15) is 4.31 Å². The lowest BCUT2D eigenvalue weighted by atomic mass is 9.87. The van der Waals surface area contributed by atoms with Gasteiger partial charge < -0.3 is 50.9 Å². The van der Waals surface area contributed by atoms with Crippen LogP contribution in [0.3, 0.4) is 0 Å². The molecule has 0 radical (unpaired) electrons. The molecule has 0 bridgehead atoms. The molecule has 3 rings (SSSR count). The summed E-state index contributed by atoms with van der Waals surface area (Å²) in [5, 5.41) is 26.3. The standard InChI is InChI=1S/C22H38N7O16P3S2/c1-22(2,17(32)20(33)25-5-4-13(30)24-6-7-50-49-3)9-42-48(39,40)45-47(37,38)41-8-12-16(44-46(34,35)36)15(31)21(43-12)29-11-28-14-18(23)26-10-27-19(14)29/h10-12,15-17,21,31-32H,4-9H2,1-3H3,(H,24,30)(H,25,33)(H,37,38)(H,39,40)(H2,23,26,27)(H2,34,35,36)/t12-,15+,16?,17-,21-/m1/s1. The predicted molar refractivity (Wildman–Crippen MR) is 176 cm³/mol. The highest BCUT2D eigenvalue weighted by Gasteiger charge is 2.50. The Hall–Kier alpha value is -1.76. The number of anilines is 1. The number of nitrogen functional groups attached to an aromatic ring is 1. The number of carbonyl (C=O) groups excluding carboxylic acids is 2. The Balaban J connectivity index is 1.57. The Morgan fingerprint density at radius 2 is 1.78 bits per heavy atom. The number of imidazole rings is 1. The van der Waals surface area contributed by atoms with Crippen molar-refractivity contribution in [3.8, 4) is 0 Å². The Kier molecular flexibility index (Phi) is 15.2.